The zero-order valence-corrected chi connectivity index (χ0v) is 14.0. The molecular weight excluding hydrogens is 310 g/mol. The Hall–Kier alpha value is -2.63. The van der Waals surface area contributed by atoms with E-state index in [4.69, 9.17) is 9.47 Å². The van der Waals surface area contributed by atoms with Crippen molar-refractivity contribution in [2.45, 2.75) is 19.4 Å². The smallest absolute Gasteiger partial charge is 0.322 e. The number of methoxy groups -OCH3 is 2. The summed E-state index contributed by atoms with van der Waals surface area (Å²) in [6, 6.07) is 6.43. The van der Waals surface area contributed by atoms with Gasteiger partial charge in [0.15, 0.2) is 5.92 Å². The minimum atomic E-state index is -1.20. The Morgan fingerprint density at radius 1 is 1.08 bits per heavy atom. The number of ether oxygens (including phenoxy) is 2. The van der Waals surface area contributed by atoms with Gasteiger partial charge < -0.3 is 14.4 Å². The van der Waals surface area contributed by atoms with Gasteiger partial charge in [-0.1, -0.05) is 29.8 Å². The third-order valence-electron chi connectivity index (χ3n) is 4.04. The maximum Gasteiger partial charge on any atom is 0.322 e. The molecule has 0 saturated carbocycles. The number of benzene rings is 1. The zero-order chi connectivity index (χ0) is 17.7. The fourth-order valence-electron chi connectivity index (χ4n) is 2.72. The van der Waals surface area contributed by atoms with Gasteiger partial charge in [-0.3, -0.25) is 14.4 Å². The van der Waals surface area contributed by atoms with Gasteiger partial charge in [-0.15, -0.1) is 0 Å². The average molecular weight is 331 g/mol. The molecule has 0 bridgehead atoms. The molecule has 1 unspecified atom stereocenters. The first-order valence-electron chi connectivity index (χ1n) is 7.69. The van der Waals surface area contributed by atoms with Gasteiger partial charge in [0.2, 0.25) is 0 Å². The molecule has 1 aromatic carbocycles. The van der Waals surface area contributed by atoms with E-state index in [0.29, 0.717) is 18.5 Å². The molecule has 24 heavy (non-hydrogen) atoms. The Bertz CT molecular complexity index is 634. The third-order valence-corrected chi connectivity index (χ3v) is 4.04. The lowest BCUT2D eigenvalue weighted by molar-refractivity contribution is -0.160. The topological polar surface area (TPSA) is 72.9 Å². The van der Waals surface area contributed by atoms with Crippen LogP contribution in [0.1, 0.15) is 22.3 Å². The monoisotopic (exact) mass is 331 g/mol. The summed E-state index contributed by atoms with van der Waals surface area (Å²) in [6.45, 7) is 2.35. The van der Waals surface area contributed by atoms with Gasteiger partial charge in [0.1, 0.15) is 0 Å². The van der Waals surface area contributed by atoms with Gasteiger partial charge in [0.05, 0.1) is 20.3 Å². The summed E-state index contributed by atoms with van der Waals surface area (Å²) in [5.74, 6) is -2.88. The van der Waals surface area contributed by atoms with Crippen molar-refractivity contribution in [3.05, 3.63) is 47.5 Å². The molecule has 0 saturated heterocycles. The molecule has 1 heterocycles. The summed E-state index contributed by atoms with van der Waals surface area (Å²) in [7, 11) is 2.41. The van der Waals surface area contributed by atoms with Crippen molar-refractivity contribution in [1.29, 1.82) is 0 Å². The summed E-state index contributed by atoms with van der Waals surface area (Å²) in [5, 5.41) is 0. The largest absolute Gasteiger partial charge is 0.468 e. The summed E-state index contributed by atoms with van der Waals surface area (Å²) < 4.78 is 9.45. The molecule has 0 spiro atoms. The van der Waals surface area contributed by atoms with Gasteiger partial charge in [-0.2, -0.15) is 0 Å². The van der Waals surface area contributed by atoms with Crippen molar-refractivity contribution in [2.24, 2.45) is 5.92 Å². The van der Waals surface area contributed by atoms with Crippen LogP contribution >= 0.6 is 0 Å². The number of amides is 1. The number of esters is 2. The number of rotatable bonds is 4. The first kappa shape index (κ1) is 17.7. The summed E-state index contributed by atoms with van der Waals surface area (Å²) in [6.07, 6.45) is 4.19. The molecular formula is C18H21NO5. The van der Waals surface area contributed by atoms with Crippen LogP contribution in [0.5, 0.6) is 0 Å². The summed E-state index contributed by atoms with van der Waals surface area (Å²) >= 11 is 0. The van der Waals surface area contributed by atoms with E-state index in [1.165, 1.54) is 19.1 Å². The van der Waals surface area contributed by atoms with Crippen molar-refractivity contribution in [3.63, 3.8) is 0 Å². The number of carbonyl (C=O) groups excluding carboxylic acids is 3. The van der Waals surface area contributed by atoms with Gasteiger partial charge >= 0.3 is 11.9 Å². The Balaban J connectivity index is 2.34. The van der Waals surface area contributed by atoms with E-state index < -0.39 is 23.9 Å². The Kier molecular flexibility index (Phi) is 5.73. The molecule has 0 fully saturated rings. The Morgan fingerprint density at radius 3 is 2.21 bits per heavy atom. The van der Waals surface area contributed by atoms with Gasteiger partial charge in [-0.05, 0) is 25.5 Å². The zero-order valence-electron chi connectivity index (χ0n) is 14.0. The number of hydrogen-bond donors (Lipinski definition) is 0. The minimum absolute atomic E-state index is 0.234. The highest BCUT2D eigenvalue weighted by atomic mass is 16.5. The quantitative estimate of drug-likeness (QED) is 0.477. The fraction of sp³-hybridized carbons (Fsp3) is 0.389. The van der Waals surface area contributed by atoms with E-state index in [2.05, 4.69) is 0 Å². The fourth-order valence-corrected chi connectivity index (χ4v) is 2.72. The molecule has 1 aliphatic rings. The average Bonchev–Trinajstić information content (AvgIpc) is 2.62. The molecule has 0 N–H and O–H groups in total. The second kappa shape index (κ2) is 7.77. The van der Waals surface area contributed by atoms with Crippen LogP contribution in [0.2, 0.25) is 0 Å². The first-order valence-corrected chi connectivity index (χ1v) is 7.69. The molecule has 0 aliphatic carbocycles. The van der Waals surface area contributed by atoms with Crippen LogP contribution in [0.25, 0.3) is 0 Å². The summed E-state index contributed by atoms with van der Waals surface area (Å²) in [5.41, 5.74) is 1.55. The highest BCUT2D eigenvalue weighted by molar-refractivity contribution is 5.99. The molecule has 6 heteroatoms. The van der Waals surface area contributed by atoms with Gasteiger partial charge in [0, 0.05) is 12.1 Å². The SMILES string of the molecule is COC(=O)C(C(=O)OC)C1C=CCCN1C(=O)c1ccc(C)cc1. The molecule has 0 radical (unpaired) electrons. The van der Waals surface area contributed by atoms with Gasteiger partial charge in [-0.25, -0.2) is 0 Å². The summed E-state index contributed by atoms with van der Waals surface area (Å²) in [4.78, 5) is 38.5. The number of hydrogen-bond acceptors (Lipinski definition) is 5. The van der Waals surface area contributed by atoms with Crippen LogP contribution in [0.4, 0.5) is 0 Å². The molecule has 128 valence electrons. The molecule has 1 aliphatic heterocycles. The highest BCUT2D eigenvalue weighted by Crippen LogP contribution is 2.23. The van der Waals surface area contributed by atoms with Crippen LogP contribution in [0.3, 0.4) is 0 Å². The molecule has 0 aromatic heterocycles. The number of nitrogens with zero attached hydrogens (tertiary/aromatic N) is 1. The molecule has 1 aromatic rings. The van der Waals surface area contributed by atoms with Crippen molar-refractivity contribution in [1.82, 2.24) is 4.90 Å². The predicted molar refractivity (Wildman–Crippen MR) is 87.3 cm³/mol. The molecule has 2 rings (SSSR count). The molecule has 1 amide bonds. The van der Waals surface area contributed by atoms with E-state index in [-0.39, 0.29) is 5.91 Å². The van der Waals surface area contributed by atoms with E-state index in [9.17, 15) is 14.4 Å². The van der Waals surface area contributed by atoms with Crippen molar-refractivity contribution in [2.75, 3.05) is 20.8 Å². The van der Waals surface area contributed by atoms with Crippen LogP contribution in [-0.2, 0) is 19.1 Å². The lowest BCUT2D eigenvalue weighted by atomic mass is 9.94. The van der Waals surface area contributed by atoms with E-state index in [1.54, 1.807) is 18.2 Å². The van der Waals surface area contributed by atoms with Crippen molar-refractivity contribution in [3.8, 4) is 0 Å². The van der Waals surface area contributed by atoms with Crippen LogP contribution in [-0.4, -0.2) is 49.6 Å². The maximum atomic E-state index is 12.8. The van der Waals surface area contributed by atoms with Crippen molar-refractivity contribution >= 4 is 17.8 Å². The highest BCUT2D eigenvalue weighted by Gasteiger charge is 2.41. The van der Waals surface area contributed by atoms with Crippen LogP contribution in [0.15, 0.2) is 36.4 Å². The predicted octanol–water partition coefficient (Wildman–Crippen LogP) is 1.73. The second-order valence-corrected chi connectivity index (χ2v) is 5.60. The molecule has 6 nitrogen and oxygen atoms in total. The van der Waals surface area contributed by atoms with E-state index in [1.807, 2.05) is 25.1 Å². The Labute approximate surface area is 141 Å². The second-order valence-electron chi connectivity index (χ2n) is 5.60. The van der Waals surface area contributed by atoms with Crippen molar-refractivity contribution < 1.29 is 23.9 Å². The minimum Gasteiger partial charge on any atom is -0.468 e. The molecule has 1 atom stereocenters. The standard InChI is InChI=1S/C18H21NO5/c1-12-7-9-13(10-8-12)16(20)19-11-5-4-6-14(19)15(17(21)23-2)18(22)24-3/h4,6-10,14-15H,5,11H2,1-3H3. The lowest BCUT2D eigenvalue weighted by Crippen LogP contribution is -2.50. The lowest BCUT2D eigenvalue weighted by Gasteiger charge is -2.35. The van der Waals surface area contributed by atoms with E-state index in [0.717, 1.165) is 5.56 Å². The van der Waals surface area contributed by atoms with Gasteiger partial charge in [0.25, 0.3) is 5.91 Å². The van der Waals surface area contributed by atoms with Crippen LogP contribution in [0, 0.1) is 12.8 Å². The van der Waals surface area contributed by atoms with E-state index >= 15 is 0 Å². The number of aryl methyl sites for hydroxylation is 1. The maximum absolute atomic E-state index is 12.8. The normalized spacial score (nSPS) is 16.8. The first-order chi connectivity index (χ1) is 11.5. The Morgan fingerprint density at radius 2 is 1.67 bits per heavy atom. The van der Waals surface area contributed by atoms with Crippen LogP contribution < -0.4 is 0 Å². The third kappa shape index (κ3) is 3.64. The number of carbonyl (C=O) groups is 3.